The second kappa shape index (κ2) is 11.4. The van der Waals surface area contributed by atoms with Crippen molar-refractivity contribution in [2.24, 2.45) is 5.92 Å². The van der Waals surface area contributed by atoms with Crippen LogP contribution in [0.3, 0.4) is 0 Å². The summed E-state index contributed by atoms with van der Waals surface area (Å²) in [5.41, 5.74) is 1.84. The molecule has 1 N–H and O–H groups in total. The van der Waals surface area contributed by atoms with E-state index in [9.17, 15) is 13.2 Å². The van der Waals surface area contributed by atoms with Crippen molar-refractivity contribution in [1.29, 1.82) is 0 Å². The minimum absolute atomic E-state index is 0.00116. The number of hydrogen-bond donors (Lipinski definition) is 1. The number of hydrogen-bond acceptors (Lipinski definition) is 5. The SMILES string of the molecule is COc1ccc(C2(CNC(=O)C3CCN(S(=O)(=O)C=Cc4ccccc4)CC3)CCOCC2)cc1. The smallest absolute Gasteiger partial charge is 0.236 e. The van der Waals surface area contributed by atoms with Crippen LogP contribution in [0.2, 0.25) is 0 Å². The lowest BCUT2D eigenvalue weighted by Crippen LogP contribution is -2.48. The number of methoxy groups -OCH3 is 1. The van der Waals surface area contributed by atoms with Crippen LogP contribution in [0.15, 0.2) is 60.0 Å². The monoisotopic (exact) mass is 498 g/mol. The average molecular weight is 499 g/mol. The van der Waals surface area contributed by atoms with E-state index in [1.54, 1.807) is 13.2 Å². The molecule has 7 nitrogen and oxygen atoms in total. The van der Waals surface area contributed by atoms with Crippen molar-refractivity contribution in [2.75, 3.05) is 40.0 Å². The molecule has 0 unspecified atom stereocenters. The van der Waals surface area contributed by atoms with Gasteiger partial charge in [0.1, 0.15) is 5.75 Å². The van der Waals surface area contributed by atoms with E-state index >= 15 is 0 Å². The lowest BCUT2D eigenvalue weighted by molar-refractivity contribution is -0.126. The Morgan fingerprint density at radius 2 is 1.74 bits per heavy atom. The summed E-state index contributed by atoms with van der Waals surface area (Å²) < 4.78 is 37.8. The largest absolute Gasteiger partial charge is 0.497 e. The highest BCUT2D eigenvalue weighted by molar-refractivity contribution is 7.92. The van der Waals surface area contributed by atoms with Gasteiger partial charge in [0.2, 0.25) is 15.9 Å². The summed E-state index contributed by atoms with van der Waals surface area (Å²) in [6, 6.07) is 17.4. The molecule has 2 saturated heterocycles. The number of nitrogens with one attached hydrogen (secondary N) is 1. The first kappa shape index (κ1) is 25.4. The summed E-state index contributed by atoms with van der Waals surface area (Å²) in [6.45, 7) is 2.55. The Morgan fingerprint density at radius 3 is 2.37 bits per heavy atom. The average Bonchev–Trinajstić information content (AvgIpc) is 2.92. The summed E-state index contributed by atoms with van der Waals surface area (Å²) in [6.07, 6.45) is 4.32. The molecule has 4 rings (SSSR count). The van der Waals surface area contributed by atoms with Gasteiger partial charge in [-0.2, -0.15) is 4.31 Å². The lowest BCUT2D eigenvalue weighted by Gasteiger charge is -2.38. The Labute approximate surface area is 208 Å². The molecule has 2 aromatic rings. The molecular formula is C27H34N2O5S. The molecule has 0 aromatic heterocycles. The third-order valence-corrected chi connectivity index (χ3v) is 8.73. The van der Waals surface area contributed by atoms with Crippen LogP contribution in [-0.4, -0.2) is 58.6 Å². The van der Waals surface area contributed by atoms with E-state index in [4.69, 9.17) is 9.47 Å². The van der Waals surface area contributed by atoms with Gasteiger partial charge in [-0.1, -0.05) is 42.5 Å². The molecule has 0 spiro atoms. The third-order valence-electron chi connectivity index (χ3n) is 7.17. The standard InChI is InChI=1S/C27H34N2O5S/c1-33-25-9-7-24(8-10-25)27(14-18-34-19-15-27)21-28-26(30)23-11-16-29(17-12-23)35(31,32)20-13-22-5-3-2-4-6-22/h2-10,13,20,23H,11-12,14-19,21H2,1H3,(H,28,30). The van der Waals surface area contributed by atoms with Crippen LogP contribution < -0.4 is 10.1 Å². The Hall–Kier alpha value is -2.68. The quantitative estimate of drug-likeness (QED) is 0.602. The Bertz CT molecular complexity index is 1100. The molecule has 35 heavy (non-hydrogen) atoms. The molecule has 2 heterocycles. The number of sulfonamides is 1. The van der Waals surface area contributed by atoms with Gasteiger partial charge in [0.05, 0.1) is 7.11 Å². The Morgan fingerprint density at radius 1 is 1.09 bits per heavy atom. The van der Waals surface area contributed by atoms with Crippen LogP contribution in [-0.2, 0) is 25.0 Å². The van der Waals surface area contributed by atoms with Crippen molar-refractivity contribution >= 4 is 22.0 Å². The fourth-order valence-electron chi connectivity index (χ4n) is 4.86. The number of carbonyl (C=O) groups is 1. The Balaban J connectivity index is 1.33. The second-order valence-electron chi connectivity index (χ2n) is 9.27. The molecule has 2 aliphatic rings. The lowest BCUT2D eigenvalue weighted by atomic mass is 9.74. The van der Waals surface area contributed by atoms with Gasteiger partial charge in [-0.25, -0.2) is 8.42 Å². The van der Waals surface area contributed by atoms with E-state index in [0.29, 0.717) is 45.7 Å². The van der Waals surface area contributed by atoms with Gasteiger partial charge in [0, 0.05) is 49.6 Å². The molecule has 2 aliphatic heterocycles. The zero-order valence-corrected chi connectivity index (χ0v) is 21.0. The molecule has 8 heteroatoms. The topological polar surface area (TPSA) is 84.9 Å². The first-order valence-corrected chi connectivity index (χ1v) is 13.7. The number of piperidine rings is 1. The van der Waals surface area contributed by atoms with Crippen LogP contribution in [0.4, 0.5) is 0 Å². The number of nitrogens with zero attached hydrogens (tertiary/aromatic N) is 1. The summed E-state index contributed by atoms with van der Waals surface area (Å²) in [5, 5.41) is 4.44. The Kier molecular flexibility index (Phi) is 8.26. The van der Waals surface area contributed by atoms with Gasteiger partial charge in [-0.05, 0) is 55.0 Å². The van der Waals surface area contributed by atoms with E-state index < -0.39 is 10.0 Å². The van der Waals surface area contributed by atoms with Crippen molar-refractivity contribution in [3.05, 3.63) is 71.1 Å². The van der Waals surface area contributed by atoms with Crippen molar-refractivity contribution in [1.82, 2.24) is 9.62 Å². The van der Waals surface area contributed by atoms with Crippen LogP contribution in [0.1, 0.15) is 36.8 Å². The van der Waals surface area contributed by atoms with Crippen LogP contribution >= 0.6 is 0 Å². The number of ether oxygens (including phenoxy) is 2. The maximum atomic E-state index is 13.0. The molecule has 188 valence electrons. The third kappa shape index (κ3) is 6.31. The highest BCUT2D eigenvalue weighted by atomic mass is 32.2. The van der Waals surface area contributed by atoms with Crippen molar-refractivity contribution in [3.63, 3.8) is 0 Å². The van der Waals surface area contributed by atoms with Gasteiger partial charge in [-0.15, -0.1) is 0 Å². The molecule has 0 aliphatic carbocycles. The van der Waals surface area contributed by atoms with Crippen molar-refractivity contribution in [2.45, 2.75) is 31.1 Å². The summed E-state index contributed by atoms with van der Waals surface area (Å²) >= 11 is 0. The molecule has 0 atom stereocenters. The predicted octanol–water partition coefficient (Wildman–Crippen LogP) is 3.57. The molecule has 1 amide bonds. The van der Waals surface area contributed by atoms with E-state index in [-0.39, 0.29) is 17.2 Å². The van der Waals surface area contributed by atoms with Gasteiger partial charge in [0.15, 0.2) is 0 Å². The van der Waals surface area contributed by atoms with Gasteiger partial charge >= 0.3 is 0 Å². The summed E-state index contributed by atoms with van der Waals surface area (Å²) in [5.74, 6) is 0.619. The fourth-order valence-corrected chi connectivity index (χ4v) is 6.08. The minimum Gasteiger partial charge on any atom is -0.497 e. The fraction of sp³-hybridized carbons (Fsp3) is 0.444. The van der Waals surface area contributed by atoms with Gasteiger partial charge < -0.3 is 14.8 Å². The zero-order valence-electron chi connectivity index (χ0n) is 20.2. The number of rotatable bonds is 8. The van der Waals surface area contributed by atoms with Crippen LogP contribution in [0, 0.1) is 5.92 Å². The molecule has 0 bridgehead atoms. The number of benzene rings is 2. The normalized spacial score (nSPS) is 19.5. The molecular weight excluding hydrogens is 464 g/mol. The van der Waals surface area contributed by atoms with Crippen LogP contribution in [0.5, 0.6) is 5.75 Å². The maximum absolute atomic E-state index is 13.0. The van der Waals surface area contributed by atoms with Gasteiger partial charge in [-0.3, -0.25) is 4.79 Å². The number of carbonyl (C=O) groups excluding carboxylic acids is 1. The molecule has 2 fully saturated rings. The van der Waals surface area contributed by atoms with E-state index in [1.807, 2.05) is 42.5 Å². The van der Waals surface area contributed by atoms with Crippen molar-refractivity contribution in [3.8, 4) is 5.75 Å². The number of amides is 1. The minimum atomic E-state index is -3.51. The molecule has 2 aromatic carbocycles. The van der Waals surface area contributed by atoms with E-state index in [0.717, 1.165) is 24.2 Å². The zero-order chi connectivity index (χ0) is 24.7. The molecule has 0 saturated carbocycles. The summed E-state index contributed by atoms with van der Waals surface area (Å²) in [7, 11) is -1.87. The second-order valence-corrected chi connectivity index (χ2v) is 11.1. The summed E-state index contributed by atoms with van der Waals surface area (Å²) in [4.78, 5) is 13.0. The van der Waals surface area contributed by atoms with Crippen molar-refractivity contribution < 1.29 is 22.7 Å². The molecule has 0 radical (unpaired) electrons. The maximum Gasteiger partial charge on any atom is 0.236 e. The van der Waals surface area contributed by atoms with E-state index in [1.165, 1.54) is 15.3 Å². The van der Waals surface area contributed by atoms with E-state index in [2.05, 4.69) is 17.4 Å². The highest BCUT2D eigenvalue weighted by Gasteiger charge is 2.36. The highest BCUT2D eigenvalue weighted by Crippen LogP contribution is 2.35. The van der Waals surface area contributed by atoms with Gasteiger partial charge in [0.25, 0.3) is 0 Å². The first-order valence-electron chi connectivity index (χ1n) is 12.2. The first-order chi connectivity index (χ1) is 16.9. The predicted molar refractivity (Wildman–Crippen MR) is 136 cm³/mol. The van der Waals surface area contributed by atoms with Crippen LogP contribution in [0.25, 0.3) is 6.08 Å².